The van der Waals surface area contributed by atoms with E-state index in [-0.39, 0.29) is 5.91 Å². The van der Waals surface area contributed by atoms with Crippen LogP contribution in [0.3, 0.4) is 0 Å². The number of amides is 1. The number of likely N-dealkylation sites (tertiary alicyclic amines) is 1. The zero-order valence-electron chi connectivity index (χ0n) is 17.1. The lowest BCUT2D eigenvalue weighted by atomic mass is 9.89. The average Bonchev–Trinajstić information content (AvgIpc) is 2.80. The fourth-order valence-corrected chi connectivity index (χ4v) is 3.88. The Kier molecular flexibility index (Phi) is 6.70. The van der Waals surface area contributed by atoms with Crippen LogP contribution >= 0.6 is 0 Å². The van der Waals surface area contributed by atoms with Crippen LogP contribution in [0.5, 0.6) is 5.75 Å². The second-order valence-electron chi connectivity index (χ2n) is 7.85. The summed E-state index contributed by atoms with van der Waals surface area (Å²) in [6, 6.07) is 16.3. The Morgan fingerprint density at radius 2 is 1.63 bits per heavy atom. The van der Waals surface area contributed by atoms with Gasteiger partial charge in [-0.15, -0.1) is 0 Å². The van der Waals surface area contributed by atoms with E-state index in [1.54, 1.807) is 24.8 Å². The molecule has 3 aromatic rings. The first kappa shape index (κ1) is 20.1. The number of pyridine rings is 2. The van der Waals surface area contributed by atoms with Crippen LogP contribution in [-0.2, 0) is 24.2 Å². The highest BCUT2D eigenvalue weighted by atomic mass is 16.5. The molecule has 5 nitrogen and oxygen atoms in total. The third-order valence-electron chi connectivity index (χ3n) is 5.65. The Hall–Kier alpha value is -3.21. The Balaban J connectivity index is 1.21. The van der Waals surface area contributed by atoms with Crippen molar-refractivity contribution in [3.8, 4) is 5.75 Å². The number of benzene rings is 1. The van der Waals surface area contributed by atoms with Gasteiger partial charge in [-0.1, -0.05) is 30.3 Å². The summed E-state index contributed by atoms with van der Waals surface area (Å²) in [4.78, 5) is 22.6. The fraction of sp³-hybridized carbons (Fsp3) is 0.320. The summed E-state index contributed by atoms with van der Waals surface area (Å²) >= 11 is 0. The number of piperidine rings is 1. The molecule has 0 atom stereocenters. The quantitative estimate of drug-likeness (QED) is 0.599. The monoisotopic (exact) mass is 401 g/mol. The summed E-state index contributed by atoms with van der Waals surface area (Å²) in [6.45, 7) is 2.25. The van der Waals surface area contributed by atoms with Gasteiger partial charge in [-0.2, -0.15) is 0 Å². The van der Waals surface area contributed by atoms with Crippen LogP contribution in [0.2, 0.25) is 0 Å². The van der Waals surface area contributed by atoms with E-state index in [1.807, 2.05) is 29.2 Å². The molecular formula is C25H27N3O2. The van der Waals surface area contributed by atoms with E-state index in [2.05, 4.69) is 34.2 Å². The van der Waals surface area contributed by atoms with Crippen molar-refractivity contribution >= 4 is 5.91 Å². The van der Waals surface area contributed by atoms with Crippen molar-refractivity contribution in [2.75, 3.05) is 13.1 Å². The molecule has 0 aliphatic carbocycles. The van der Waals surface area contributed by atoms with Gasteiger partial charge in [0.2, 0.25) is 5.91 Å². The molecule has 1 fully saturated rings. The van der Waals surface area contributed by atoms with E-state index in [1.165, 1.54) is 5.56 Å². The molecule has 1 saturated heterocycles. The molecule has 5 heteroatoms. The van der Waals surface area contributed by atoms with Crippen LogP contribution < -0.4 is 4.74 Å². The highest BCUT2D eigenvalue weighted by molar-refractivity contribution is 5.78. The number of rotatable bonds is 7. The molecule has 0 bridgehead atoms. The lowest BCUT2D eigenvalue weighted by Gasteiger charge is -2.32. The molecule has 0 N–H and O–H groups in total. The minimum Gasteiger partial charge on any atom is -0.489 e. The first-order valence-corrected chi connectivity index (χ1v) is 10.5. The van der Waals surface area contributed by atoms with Gasteiger partial charge < -0.3 is 9.64 Å². The van der Waals surface area contributed by atoms with Gasteiger partial charge in [-0.25, -0.2) is 0 Å². The smallest absolute Gasteiger partial charge is 0.227 e. The van der Waals surface area contributed by atoms with Crippen molar-refractivity contribution in [2.45, 2.75) is 32.3 Å². The minimum atomic E-state index is 0.208. The predicted molar refractivity (Wildman–Crippen MR) is 116 cm³/mol. The molecule has 0 unspecified atom stereocenters. The van der Waals surface area contributed by atoms with Crippen molar-refractivity contribution in [3.63, 3.8) is 0 Å². The average molecular weight is 402 g/mol. The van der Waals surface area contributed by atoms with Gasteiger partial charge in [-0.05, 0) is 60.1 Å². The molecule has 0 radical (unpaired) electrons. The summed E-state index contributed by atoms with van der Waals surface area (Å²) in [6.07, 6.45) is 10.6. The number of nitrogens with zero attached hydrogens (tertiary/aromatic N) is 3. The SMILES string of the molecule is O=C(Cc1cccnc1)N1CCC(Cc2ccc(COc3ccncc3)cc2)CC1. The lowest BCUT2D eigenvalue weighted by Crippen LogP contribution is -2.39. The van der Waals surface area contributed by atoms with Crippen molar-refractivity contribution < 1.29 is 9.53 Å². The fourth-order valence-electron chi connectivity index (χ4n) is 3.88. The molecule has 3 heterocycles. The zero-order chi connectivity index (χ0) is 20.6. The van der Waals surface area contributed by atoms with Crippen molar-refractivity contribution in [1.29, 1.82) is 0 Å². The molecule has 1 amide bonds. The van der Waals surface area contributed by atoms with E-state index >= 15 is 0 Å². The molecule has 1 aliphatic rings. The van der Waals surface area contributed by atoms with Crippen molar-refractivity contribution in [3.05, 3.63) is 90.0 Å². The molecule has 0 saturated carbocycles. The molecule has 1 aromatic carbocycles. The van der Waals surface area contributed by atoms with E-state index < -0.39 is 0 Å². The summed E-state index contributed by atoms with van der Waals surface area (Å²) in [5.41, 5.74) is 3.49. The molecular weight excluding hydrogens is 374 g/mol. The Bertz CT molecular complexity index is 922. The Morgan fingerprint density at radius 3 is 2.33 bits per heavy atom. The molecule has 4 rings (SSSR count). The number of ether oxygens (including phenoxy) is 1. The van der Waals surface area contributed by atoms with Gasteiger partial charge in [0.05, 0.1) is 6.42 Å². The van der Waals surface area contributed by atoms with Gasteiger partial charge in [0.15, 0.2) is 0 Å². The Labute approximate surface area is 177 Å². The molecule has 0 spiro atoms. The standard InChI is InChI=1S/C25H27N3O2/c29-25(17-23-2-1-11-27-18-23)28-14-9-21(10-15-28)16-20-3-5-22(6-4-20)19-30-24-7-12-26-13-8-24/h1-8,11-13,18,21H,9-10,14-17,19H2. The predicted octanol–water partition coefficient (Wildman–Crippen LogP) is 4.08. The van der Waals surface area contributed by atoms with E-state index in [0.717, 1.165) is 49.2 Å². The summed E-state index contributed by atoms with van der Waals surface area (Å²) in [7, 11) is 0. The van der Waals surface area contributed by atoms with Gasteiger partial charge in [0, 0.05) is 37.9 Å². The third kappa shape index (κ3) is 5.66. The van der Waals surface area contributed by atoms with E-state index in [4.69, 9.17) is 4.74 Å². The third-order valence-corrected chi connectivity index (χ3v) is 5.65. The van der Waals surface area contributed by atoms with Gasteiger partial charge in [-0.3, -0.25) is 14.8 Å². The second-order valence-corrected chi connectivity index (χ2v) is 7.85. The maximum atomic E-state index is 12.5. The van der Waals surface area contributed by atoms with Crippen LogP contribution in [0.4, 0.5) is 0 Å². The zero-order valence-corrected chi connectivity index (χ0v) is 17.1. The number of carbonyl (C=O) groups is 1. The van der Waals surface area contributed by atoms with Crippen LogP contribution in [0, 0.1) is 5.92 Å². The maximum absolute atomic E-state index is 12.5. The van der Waals surface area contributed by atoms with E-state index in [0.29, 0.717) is 18.9 Å². The maximum Gasteiger partial charge on any atom is 0.227 e. The van der Waals surface area contributed by atoms with Crippen LogP contribution in [-0.4, -0.2) is 33.9 Å². The lowest BCUT2D eigenvalue weighted by molar-refractivity contribution is -0.131. The van der Waals surface area contributed by atoms with Crippen LogP contribution in [0.25, 0.3) is 0 Å². The highest BCUT2D eigenvalue weighted by Crippen LogP contribution is 2.23. The molecule has 2 aromatic heterocycles. The van der Waals surface area contributed by atoms with Crippen molar-refractivity contribution in [2.24, 2.45) is 5.92 Å². The number of carbonyl (C=O) groups excluding carboxylic acids is 1. The largest absolute Gasteiger partial charge is 0.489 e. The summed E-state index contributed by atoms with van der Waals surface area (Å²) in [5, 5.41) is 0. The first-order valence-electron chi connectivity index (χ1n) is 10.5. The number of hydrogen-bond acceptors (Lipinski definition) is 4. The normalized spacial score (nSPS) is 14.5. The molecule has 154 valence electrons. The highest BCUT2D eigenvalue weighted by Gasteiger charge is 2.23. The number of hydrogen-bond donors (Lipinski definition) is 0. The van der Waals surface area contributed by atoms with Gasteiger partial charge in [0.1, 0.15) is 12.4 Å². The summed E-state index contributed by atoms with van der Waals surface area (Å²) < 4.78 is 5.78. The summed E-state index contributed by atoms with van der Waals surface area (Å²) in [5.74, 6) is 1.67. The topological polar surface area (TPSA) is 55.3 Å². The second kappa shape index (κ2) is 10.0. The Morgan fingerprint density at radius 1 is 0.900 bits per heavy atom. The van der Waals surface area contributed by atoms with Crippen LogP contribution in [0.1, 0.15) is 29.5 Å². The first-order chi connectivity index (χ1) is 14.8. The van der Waals surface area contributed by atoms with Gasteiger partial charge in [0.25, 0.3) is 0 Å². The van der Waals surface area contributed by atoms with Crippen LogP contribution in [0.15, 0.2) is 73.3 Å². The van der Waals surface area contributed by atoms with E-state index in [9.17, 15) is 4.79 Å². The molecule has 30 heavy (non-hydrogen) atoms. The minimum absolute atomic E-state index is 0.208. The van der Waals surface area contributed by atoms with Gasteiger partial charge >= 0.3 is 0 Å². The molecule has 1 aliphatic heterocycles. The number of aromatic nitrogens is 2. The van der Waals surface area contributed by atoms with Crippen molar-refractivity contribution in [1.82, 2.24) is 14.9 Å².